The summed E-state index contributed by atoms with van der Waals surface area (Å²) in [6.07, 6.45) is 0.713. The standard InChI is InChI=1S/C34H37N3O5/c1-23-15-18-37(30(23)31(38)39)32(40)34(16-19-36(20-17-34)21-24-9-3-2-4-10-24)35-33(41)42-22-29-27-13-7-5-11-25(27)26-12-6-8-14-28(26)29/h2-14,23,29-30H,15-22H2,1H3,(H,35,41)(H,38,39). The highest BCUT2D eigenvalue weighted by molar-refractivity contribution is 5.93. The zero-order chi connectivity index (χ0) is 29.3. The first-order valence-corrected chi connectivity index (χ1v) is 14.8. The summed E-state index contributed by atoms with van der Waals surface area (Å²) >= 11 is 0. The van der Waals surface area contributed by atoms with Gasteiger partial charge in [-0.05, 0) is 53.0 Å². The number of nitrogens with zero attached hydrogens (tertiary/aromatic N) is 2. The minimum atomic E-state index is -1.23. The summed E-state index contributed by atoms with van der Waals surface area (Å²) < 4.78 is 5.85. The third kappa shape index (κ3) is 5.27. The molecule has 2 unspecified atom stereocenters. The minimum absolute atomic E-state index is 0.0988. The molecule has 2 saturated heterocycles. The quantitative estimate of drug-likeness (QED) is 0.422. The molecule has 2 aliphatic heterocycles. The molecule has 8 heteroatoms. The number of fused-ring (bicyclic) bond motifs is 3. The number of rotatable bonds is 7. The number of ether oxygens (including phenoxy) is 1. The monoisotopic (exact) mass is 567 g/mol. The lowest BCUT2D eigenvalue weighted by molar-refractivity contribution is -0.153. The number of hydrogen-bond donors (Lipinski definition) is 2. The molecule has 6 rings (SSSR count). The van der Waals surface area contributed by atoms with Gasteiger partial charge in [-0.25, -0.2) is 9.59 Å². The second-order valence-corrected chi connectivity index (χ2v) is 11.8. The van der Waals surface area contributed by atoms with Crippen LogP contribution in [0.15, 0.2) is 78.9 Å². The van der Waals surface area contributed by atoms with Gasteiger partial charge >= 0.3 is 12.1 Å². The largest absolute Gasteiger partial charge is 0.480 e. The predicted molar refractivity (Wildman–Crippen MR) is 159 cm³/mol. The van der Waals surface area contributed by atoms with Gasteiger partial charge < -0.3 is 20.1 Å². The zero-order valence-electron chi connectivity index (χ0n) is 23.9. The highest BCUT2D eigenvalue weighted by Crippen LogP contribution is 2.44. The number of carbonyl (C=O) groups excluding carboxylic acids is 2. The lowest BCUT2D eigenvalue weighted by Gasteiger charge is -2.43. The average Bonchev–Trinajstić information content (AvgIpc) is 3.55. The summed E-state index contributed by atoms with van der Waals surface area (Å²) in [5, 5.41) is 12.9. The Morgan fingerprint density at radius 1 is 0.881 bits per heavy atom. The smallest absolute Gasteiger partial charge is 0.408 e. The molecule has 42 heavy (non-hydrogen) atoms. The average molecular weight is 568 g/mol. The summed E-state index contributed by atoms with van der Waals surface area (Å²) in [6.45, 7) is 4.28. The molecule has 3 aliphatic rings. The van der Waals surface area contributed by atoms with Crippen LogP contribution in [0, 0.1) is 5.92 Å². The molecule has 218 valence electrons. The molecule has 0 radical (unpaired) electrons. The fraction of sp³-hybridized carbons (Fsp3) is 0.382. The Morgan fingerprint density at radius 3 is 2.10 bits per heavy atom. The van der Waals surface area contributed by atoms with Crippen LogP contribution in [-0.2, 0) is 20.9 Å². The Bertz CT molecular complexity index is 1420. The van der Waals surface area contributed by atoms with Gasteiger partial charge in [0, 0.05) is 32.1 Å². The van der Waals surface area contributed by atoms with E-state index in [0.717, 1.165) is 28.8 Å². The maximum absolute atomic E-state index is 14.1. The van der Waals surface area contributed by atoms with Crippen LogP contribution in [0.1, 0.15) is 48.8 Å². The number of nitrogens with one attached hydrogen (secondary N) is 1. The number of amides is 2. The number of piperidine rings is 1. The SMILES string of the molecule is CC1CCN(C(=O)C2(NC(=O)OCC3c4ccccc4-c4ccccc43)CCN(Cc3ccccc3)CC2)C1C(=O)O. The van der Waals surface area contributed by atoms with Crippen molar-refractivity contribution in [3.05, 3.63) is 95.6 Å². The fourth-order valence-electron chi connectivity index (χ4n) is 6.98. The van der Waals surface area contributed by atoms with Gasteiger partial charge in [0.1, 0.15) is 18.2 Å². The maximum atomic E-state index is 14.1. The molecule has 2 fully saturated rings. The number of benzene rings is 3. The number of aliphatic carboxylic acids is 1. The highest BCUT2D eigenvalue weighted by atomic mass is 16.5. The van der Waals surface area contributed by atoms with Crippen molar-refractivity contribution in [2.75, 3.05) is 26.2 Å². The highest BCUT2D eigenvalue weighted by Gasteiger charge is 2.50. The van der Waals surface area contributed by atoms with Crippen molar-refractivity contribution in [3.63, 3.8) is 0 Å². The van der Waals surface area contributed by atoms with Crippen LogP contribution in [0.3, 0.4) is 0 Å². The van der Waals surface area contributed by atoms with Crippen molar-refractivity contribution in [2.45, 2.75) is 50.2 Å². The molecule has 8 nitrogen and oxygen atoms in total. The molecule has 0 spiro atoms. The van der Waals surface area contributed by atoms with Gasteiger partial charge in [0.05, 0.1) is 0 Å². The second kappa shape index (κ2) is 11.6. The van der Waals surface area contributed by atoms with E-state index in [0.29, 0.717) is 38.9 Å². The molecule has 3 aromatic rings. The molecule has 3 aromatic carbocycles. The van der Waals surface area contributed by atoms with E-state index >= 15 is 0 Å². The van der Waals surface area contributed by atoms with Crippen molar-refractivity contribution in [2.24, 2.45) is 5.92 Å². The second-order valence-electron chi connectivity index (χ2n) is 11.8. The van der Waals surface area contributed by atoms with Gasteiger partial charge in [-0.1, -0.05) is 85.8 Å². The van der Waals surface area contributed by atoms with Gasteiger partial charge in [0.2, 0.25) is 5.91 Å². The summed E-state index contributed by atoms with van der Waals surface area (Å²) in [7, 11) is 0. The van der Waals surface area contributed by atoms with E-state index in [4.69, 9.17) is 4.74 Å². The molecular formula is C34H37N3O5. The van der Waals surface area contributed by atoms with Gasteiger partial charge in [0.25, 0.3) is 0 Å². The number of carboxylic acids is 1. The molecule has 1 aliphatic carbocycles. The number of hydrogen-bond acceptors (Lipinski definition) is 5. The van der Waals surface area contributed by atoms with Crippen LogP contribution in [0.2, 0.25) is 0 Å². The van der Waals surface area contributed by atoms with E-state index in [1.54, 1.807) is 0 Å². The summed E-state index contributed by atoms with van der Waals surface area (Å²) in [5.41, 5.74) is 4.46. The number of carboxylic acid groups (broad SMARTS) is 1. The number of likely N-dealkylation sites (tertiary alicyclic amines) is 2. The Labute approximate surface area is 246 Å². The van der Waals surface area contributed by atoms with E-state index in [-0.39, 0.29) is 24.3 Å². The van der Waals surface area contributed by atoms with Crippen LogP contribution < -0.4 is 5.32 Å². The predicted octanol–water partition coefficient (Wildman–Crippen LogP) is 4.88. The van der Waals surface area contributed by atoms with E-state index in [1.807, 2.05) is 49.4 Å². The van der Waals surface area contributed by atoms with Gasteiger partial charge in [-0.3, -0.25) is 9.69 Å². The molecular weight excluding hydrogens is 530 g/mol. The molecule has 0 saturated carbocycles. The van der Waals surface area contributed by atoms with Crippen molar-refractivity contribution in [3.8, 4) is 11.1 Å². The van der Waals surface area contributed by atoms with Crippen LogP contribution >= 0.6 is 0 Å². The Balaban J connectivity index is 1.19. The lowest BCUT2D eigenvalue weighted by Crippen LogP contribution is -2.65. The van der Waals surface area contributed by atoms with E-state index < -0.39 is 23.6 Å². The van der Waals surface area contributed by atoms with E-state index in [9.17, 15) is 19.5 Å². The van der Waals surface area contributed by atoms with Crippen molar-refractivity contribution in [1.82, 2.24) is 15.1 Å². The minimum Gasteiger partial charge on any atom is -0.480 e. The molecule has 2 amide bonds. The fourth-order valence-corrected chi connectivity index (χ4v) is 6.98. The molecule has 2 N–H and O–H groups in total. The third-order valence-corrected chi connectivity index (χ3v) is 9.27. The van der Waals surface area contributed by atoms with Crippen LogP contribution in [-0.4, -0.2) is 70.7 Å². The van der Waals surface area contributed by atoms with E-state index in [2.05, 4.69) is 46.6 Å². The Hall–Kier alpha value is -4.17. The number of alkyl carbamates (subject to hydrolysis) is 1. The van der Waals surface area contributed by atoms with Crippen LogP contribution in [0.5, 0.6) is 0 Å². The first kappa shape index (κ1) is 28.0. The van der Waals surface area contributed by atoms with E-state index in [1.165, 1.54) is 10.5 Å². The molecule has 2 heterocycles. The maximum Gasteiger partial charge on any atom is 0.408 e. The summed E-state index contributed by atoms with van der Waals surface area (Å²) in [4.78, 5) is 43.4. The van der Waals surface area contributed by atoms with Crippen molar-refractivity contribution < 1.29 is 24.2 Å². The Morgan fingerprint density at radius 2 is 1.48 bits per heavy atom. The Kier molecular flexibility index (Phi) is 7.73. The van der Waals surface area contributed by atoms with Crippen molar-refractivity contribution in [1.29, 1.82) is 0 Å². The van der Waals surface area contributed by atoms with Gasteiger partial charge in [0.15, 0.2) is 0 Å². The lowest BCUT2D eigenvalue weighted by atomic mass is 9.85. The summed E-state index contributed by atoms with van der Waals surface area (Å²) in [5.74, 6) is -1.59. The first-order valence-electron chi connectivity index (χ1n) is 14.8. The van der Waals surface area contributed by atoms with Gasteiger partial charge in [-0.15, -0.1) is 0 Å². The molecule has 0 aromatic heterocycles. The normalized spacial score (nSPS) is 21.4. The summed E-state index contributed by atoms with van der Waals surface area (Å²) in [6, 6.07) is 25.5. The first-order chi connectivity index (χ1) is 20.4. The van der Waals surface area contributed by atoms with Crippen LogP contribution in [0.25, 0.3) is 11.1 Å². The van der Waals surface area contributed by atoms with Crippen LogP contribution in [0.4, 0.5) is 4.79 Å². The van der Waals surface area contributed by atoms with Crippen molar-refractivity contribution >= 4 is 18.0 Å². The number of carbonyl (C=O) groups is 3. The zero-order valence-corrected chi connectivity index (χ0v) is 23.9. The molecule has 0 bridgehead atoms. The molecule has 2 atom stereocenters. The van der Waals surface area contributed by atoms with Gasteiger partial charge in [-0.2, -0.15) is 0 Å². The topological polar surface area (TPSA) is 99.2 Å². The third-order valence-electron chi connectivity index (χ3n) is 9.27.